The van der Waals surface area contributed by atoms with Crippen LogP contribution < -0.4 is 5.32 Å². The van der Waals surface area contributed by atoms with E-state index in [1.165, 1.54) is 29.5 Å². The van der Waals surface area contributed by atoms with Crippen molar-refractivity contribution in [2.75, 3.05) is 0 Å². The Morgan fingerprint density at radius 3 is 2.53 bits per heavy atom. The maximum Gasteiger partial charge on any atom is 0.261 e. The molecule has 1 heterocycles. The average molecular weight is 281 g/mol. The summed E-state index contributed by atoms with van der Waals surface area (Å²) in [6.07, 6.45) is 0.121. The zero-order chi connectivity index (χ0) is 13.8. The summed E-state index contributed by atoms with van der Waals surface area (Å²) < 4.78 is 26.9. The molecule has 2 nitrogen and oxygen atoms in total. The molecule has 0 fully saturated rings. The molecule has 2 rings (SSSR count). The minimum atomic E-state index is -0.586. The third kappa shape index (κ3) is 3.38. The molecule has 1 aromatic heterocycles. The summed E-state index contributed by atoms with van der Waals surface area (Å²) in [4.78, 5) is 12.4. The molecule has 19 heavy (non-hydrogen) atoms. The normalized spacial score (nSPS) is 12.2. The van der Waals surface area contributed by atoms with E-state index in [1.54, 1.807) is 24.4 Å². The van der Waals surface area contributed by atoms with Gasteiger partial charge in [-0.05, 0) is 36.9 Å². The lowest BCUT2D eigenvalue weighted by atomic mass is 10.1. The number of amides is 1. The third-order valence-corrected chi connectivity index (χ3v) is 3.56. The number of nitrogens with one attached hydrogen (secondary N) is 1. The van der Waals surface area contributed by atoms with Crippen LogP contribution in [0.2, 0.25) is 0 Å². The van der Waals surface area contributed by atoms with Crippen molar-refractivity contribution < 1.29 is 13.6 Å². The smallest absolute Gasteiger partial charge is 0.261 e. The van der Waals surface area contributed by atoms with Gasteiger partial charge in [0.25, 0.3) is 5.91 Å². The van der Waals surface area contributed by atoms with Crippen molar-refractivity contribution in [2.45, 2.75) is 19.4 Å². The topological polar surface area (TPSA) is 29.1 Å². The molecule has 0 aliphatic heterocycles. The van der Waals surface area contributed by atoms with E-state index in [2.05, 4.69) is 5.32 Å². The predicted octanol–water partition coefficient (Wildman–Crippen LogP) is 3.39. The molecule has 1 aromatic carbocycles. The first-order valence-corrected chi connectivity index (χ1v) is 6.73. The van der Waals surface area contributed by atoms with Crippen LogP contribution in [0.25, 0.3) is 0 Å². The van der Waals surface area contributed by atoms with Crippen molar-refractivity contribution in [1.82, 2.24) is 5.32 Å². The number of hydrogen-bond donors (Lipinski definition) is 1. The number of carbonyl (C=O) groups is 1. The van der Waals surface area contributed by atoms with Crippen LogP contribution in [0.1, 0.15) is 22.2 Å². The number of hydrogen-bond acceptors (Lipinski definition) is 2. The van der Waals surface area contributed by atoms with Gasteiger partial charge in [-0.3, -0.25) is 4.79 Å². The van der Waals surface area contributed by atoms with Gasteiger partial charge < -0.3 is 5.32 Å². The van der Waals surface area contributed by atoms with E-state index >= 15 is 0 Å². The van der Waals surface area contributed by atoms with Crippen LogP contribution >= 0.6 is 11.3 Å². The lowest BCUT2D eigenvalue weighted by Crippen LogP contribution is -2.34. The molecule has 1 N–H and O–H groups in total. The van der Waals surface area contributed by atoms with Gasteiger partial charge in [0.1, 0.15) is 11.6 Å². The Bertz CT molecular complexity index is 549. The molecule has 100 valence electrons. The van der Waals surface area contributed by atoms with Gasteiger partial charge in [-0.15, -0.1) is 11.3 Å². The molecule has 1 amide bonds. The van der Waals surface area contributed by atoms with Gasteiger partial charge >= 0.3 is 0 Å². The summed E-state index contributed by atoms with van der Waals surface area (Å²) in [5.41, 5.74) is 0.00137. The summed E-state index contributed by atoms with van der Waals surface area (Å²) >= 11 is 1.33. The van der Waals surface area contributed by atoms with E-state index in [9.17, 15) is 13.6 Å². The van der Waals surface area contributed by atoms with Gasteiger partial charge in [-0.25, -0.2) is 8.78 Å². The standard InChI is InChI=1S/C14H13F2NOS/c1-9(17-14(18)13-6-3-7-19-13)8-10-11(15)4-2-5-12(10)16/h2-7,9H,8H2,1H3,(H,17,18). The number of thiophene rings is 1. The van der Waals surface area contributed by atoms with Crippen LogP contribution in [0.4, 0.5) is 8.78 Å². The van der Waals surface area contributed by atoms with Crippen LogP contribution in [-0.2, 0) is 6.42 Å². The van der Waals surface area contributed by atoms with E-state index in [0.29, 0.717) is 4.88 Å². The quantitative estimate of drug-likeness (QED) is 0.914. The van der Waals surface area contributed by atoms with E-state index < -0.39 is 11.6 Å². The fourth-order valence-electron chi connectivity index (χ4n) is 1.79. The van der Waals surface area contributed by atoms with Gasteiger partial charge in [-0.2, -0.15) is 0 Å². The van der Waals surface area contributed by atoms with Gasteiger partial charge in [-0.1, -0.05) is 12.1 Å². The van der Waals surface area contributed by atoms with Gasteiger partial charge in [0.2, 0.25) is 0 Å². The monoisotopic (exact) mass is 281 g/mol. The molecule has 0 aliphatic carbocycles. The van der Waals surface area contributed by atoms with Gasteiger partial charge in [0.05, 0.1) is 4.88 Å². The van der Waals surface area contributed by atoms with E-state index in [1.807, 2.05) is 0 Å². The summed E-state index contributed by atoms with van der Waals surface area (Å²) in [6, 6.07) is 6.89. The van der Waals surface area contributed by atoms with Crippen LogP contribution in [-0.4, -0.2) is 11.9 Å². The van der Waals surface area contributed by atoms with Crippen molar-refractivity contribution in [2.24, 2.45) is 0 Å². The lowest BCUT2D eigenvalue weighted by molar-refractivity contribution is 0.0944. The number of benzene rings is 1. The van der Waals surface area contributed by atoms with Crippen LogP contribution in [0.15, 0.2) is 35.7 Å². The molecule has 5 heteroatoms. The Balaban J connectivity index is 2.02. The second-order valence-corrected chi connectivity index (χ2v) is 5.20. The zero-order valence-electron chi connectivity index (χ0n) is 10.3. The van der Waals surface area contributed by atoms with Crippen LogP contribution in [0.3, 0.4) is 0 Å². The number of rotatable bonds is 4. The Labute approximate surface area is 114 Å². The van der Waals surface area contributed by atoms with Gasteiger partial charge in [0.15, 0.2) is 0 Å². The molecule has 0 saturated heterocycles. The molecule has 0 radical (unpaired) electrons. The third-order valence-electron chi connectivity index (χ3n) is 2.69. The second kappa shape index (κ2) is 5.93. The van der Waals surface area contributed by atoms with Crippen molar-refractivity contribution in [3.05, 3.63) is 57.8 Å². The first kappa shape index (κ1) is 13.7. The second-order valence-electron chi connectivity index (χ2n) is 4.26. The molecular formula is C14H13F2NOS. The minimum Gasteiger partial charge on any atom is -0.349 e. The summed E-state index contributed by atoms with van der Waals surface area (Å²) in [6.45, 7) is 1.72. The van der Waals surface area contributed by atoms with Crippen molar-refractivity contribution in [3.63, 3.8) is 0 Å². The highest BCUT2D eigenvalue weighted by Gasteiger charge is 2.15. The molecule has 1 unspecified atom stereocenters. The molecule has 2 aromatic rings. The Kier molecular flexibility index (Phi) is 4.27. The highest BCUT2D eigenvalue weighted by atomic mass is 32.1. The van der Waals surface area contributed by atoms with Crippen LogP contribution in [0, 0.1) is 11.6 Å². The van der Waals surface area contributed by atoms with Gasteiger partial charge in [0, 0.05) is 11.6 Å². The summed E-state index contributed by atoms with van der Waals surface area (Å²) in [5, 5.41) is 4.53. The molecule has 0 saturated carbocycles. The van der Waals surface area contributed by atoms with Crippen molar-refractivity contribution >= 4 is 17.2 Å². The number of carbonyl (C=O) groups excluding carboxylic acids is 1. The molecule has 0 bridgehead atoms. The Morgan fingerprint density at radius 2 is 1.95 bits per heavy atom. The highest BCUT2D eigenvalue weighted by molar-refractivity contribution is 7.12. The van der Waals surface area contributed by atoms with Crippen molar-refractivity contribution in [1.29, 1.82) is 0 Å². The van der Waals surface area contributed by atoms with E-state index in [-0.39, 0.29) is 23.9 Å². The summed E-state index contributed by atoms with van der Waals surface area (Å²) in [7, 11) is 0. The predicted molar refractivity (Wildman–Crippen MR) is 71.3 cm³/mol. The van der Waals surface area contributed by atoms with Crippen molar-refractivity contribution in [3.8, 4) is 0 Å². The summed E-state index contributed by atoms with van der Waals surface area (Å²) in [5.74, 6) is -1.39. The van der Waals surface area contributed by atoms with E-state index in [4.69, 9.17) is 0 Å². The Hall–Kier alpha value is -1.75. The lowest BCUT2D eigenvalue weighted by Gasteiger charge is -2.14. The first-order valence-electron chi connectivity index (χ1n) is 5.85. The average Bonchev–Trinajstić information content (AvgIpc) is 2.88. The number of halogens is 2. The largest absolute Gasteiger partial charge is 0.349 e. The Morgan fingerprint density at radius 1 is 1.26 bits per heavy atom. The minimum absolute atomic E-state index is 0.00137. The maximum absolute atomic E-state index is 13.5. The maximum atomic E-state index is 13.5. The molecule has 0 aliphatic rings. The highest BCUT2D eigenvalue weighted by Crippen LogP contribution is 2.15. The first-order chi connectivity index (χ1) is 9.08. The van der Waals surface area contributed by atoms with Crippen LogP contribution in [0.5, 0.6) is 0 Å². The SMILES string of the molecule is CC(Cc1c(F)cccc1F)NC(=O)c1cccs1. The molecular weight excluding hydrogens is 268 g/mol. The fourth-order valence-corrected chi connectivity index (χ4v) is 2.41. The van der Waals surface area contributed by atoms with E-state index in [0.717, 1.165) is 0 Å². The molecule has 1 atom stereocenters. The molecule has 0 spiro atoms. The zero-order valence-corrected chi connectivity index (χ0v) is 11.1. The fraction of sp³-hybridized carbons (Fsp3) is 0.214.